The molecule has 0 saturated heterocycles. The zero-order chi connectivity index (χ0) is 18.5. The van der Waals surface area contributed by atoms with Crippen molar-refractivity contribution < 1.29 is 4.42 Å². The van der Waals surface area contributed by atoms with Crippen molar-refractivity contribution in [2.24, 2.45) is 11.3 Å². The molecule has 0 aromatic carbocycles. The highest BCUT2D eigenvalue weighted by Crippen LogP contribution is 2.44. The molecule has 138 valence electrons. The molecule has 1 atom stereocenters. The number of fused-ring (bicyclic) bond motifs is 3. The summed E-state index contributed by atoms with van der Waals surface area (Å²) < 4.78 is 5.63. The highest BCUT2D eigenvalue weighted by Gasteiger charge is 2.31. The fraction of sp³-hybridized carbons (Fsp3) is 0.500. The number of nitrogens with two attached hydrogens (primary N) is 1. The molecule has 3 aromatic heterocycles. The number of aromatic nitrogens is 2. The molecule has 1 aliphatic carbocycles. The Morgan fingerprint density at radius 1 is 1.31 bits per heavy atom. The zero-order valence-electron chi connectivity index (χ0n) is 15.8. The van der Waals surface area contributed by atoms with E-state index >= 15 is 0 Å². The van der Waals surface area contributed by atoms with Crippen LogP contribution >= 0.6 is 23.1 Å². The van der Waals surface area contributed by atoms with Gasteiger partial charge in [-0.2, -0.15) is 0 Å². The first-order chi connectivity index (χ1) is 12.3. The quantitative estimate of drug-likeness (QED) is 0.467. The Kier molecular flexibility index (Phi) is 4.51. The number of thioether (sulfide) groups is 1. The second kappa shape index (κ2) is 6.57. The Bertz CT molecular complexity index is 952. The summed E-state index contributed by atoms with van der Waals surface area (Å²) in [5.41, 5.74) is 8.07. The average Bonchev–Trinajstić information content (AvgIpc) is 3.14. The molecule has 1 aliphatic rings. The fourth-order valence-corrected chi connectivity index (χ4v) is 5.80. The number of anilines is 1. The first kappa shape index (κ1) is 17.9. The van der Waals surface area contributed by atoms with E-state index in [1.807, 2.05) is 19.1 Å². The average molecular weight is 388 g/mol. The predicted molar refractivity (Wildman–Crippen MR) is 110 cm³/mol. The van der Waals surface area contributed by atoms with Gasteiger partial charge in [0.25, 0.3) is 0 Å². The first-order valence-electron chi connectivity index (χ1n) is 9.07. The summed E-state index contributed by atoms with van der Waals surface area (Å²) in [6.07, 6.45) is 3.44. The lowest BCUT2D eigenvalue weighted by Crippen LogP contribution is -2.26. The molecular formula is C20H25N3OS2. The standard InChI is InChI=1S/C20H25N3OS2/c1-11-5-7-13(24-11)10-25-19-22-17(21)16-14-8-6-12(20(2,3)4)9-15(14)26-18(16)23-19/h5,7,12H,6,8-10H2,1-4H3,(H2,21,22,23). The summed E-state index contributed by atoms with van der Waals surface area (Å²) in [4.78, 5) is 11.9. The van der Waals surface area contributed by atoms with E-state index in [-0.39, 0.29) is 0 Å². The van der Waals surface area contributed by atoms with Gasteiger partial charge in [-0.15, -0.1) is 11.3 Å². The molecule has 0 radical (unpaired) electrons. The summed E-state index contributed by atoms with van der Waals surface area (Å²) in [7, 11) is 0. The van der Waals surface area contributed by atoms with Crippen LogP contribution in [0.15, 0.2) is 21.7 Å². The Morgan fingerprint density at radius 3 is 2.81 bits per heavy atom. The Balaban J connectivity index is 1.62. The van der Waals surface area contributed by atoms with Crippen LogP contribution in [0.1, 0.15) is 49.2 Å². The monoisotopic (exact) mass is 387 g/mol. The molecule has 26 heavy (non-hydrogen) atoms. The van der Waals surface area contributed by atoms with Gasteiger partial charge in [0.15, 0.2) is 5.16 Å². The molecule has 4 rings (SSSR count). The second-order valence-electron chi connectivity index (χ2n) is 8.18. The van der Waals surface area contributed by atoms with Crippen molar-refractivity contribution in [3.8, 4) is 0 Å². The van der Waals surface area contributed by atoms with Gasteiger partial charge < -0.3 is 10.2 Å². The molecule has 0 amide bonds. The van der Waals surface area contributed by atoms with Crippen molar-refractivity contribution >= 4 is 39.1 Å². The van der Waals surface area contributed by atoms with Crippen LogP contribution in [0.25, 0.3) is 10.2 Å². The summed E-state index contributed by atoms with van der Waals surface area (Å²) in [5, 5.41) is 1.82. The number of furan rings is 1. The minimum absolute atomic E-state index is 0.341. The van der Waals surface area contributed by atoms with Crippen LogP contribution in [-0.4, -0.2) is 9.97 Å². The van der Waals surface area contributed by atoms with Crippen molar-refractivity contribution in [3.05, 3.63) is 34.1 Å². The van der Waals surface area contributed by atoms with E-state index in [1.54, 1.807) is 23.1 Å². The van der Waals surface area contributed by atoms with E-state index in [0.717, 1.165) is 45.5 Å². The number of aryl methyl sites for hydroxylation is 2. The lowest BCUT2D eigenvalue weighted by molar-refractivity contribution is 0.218. The number of hydrogen-bond donors (Lipinski definition) is 1. The van der Waals surface area contributed by atoms with Gasteiger partial charge in [-0.05, 0) is 55.2 Å². The van der Waals surface area contributed by atoms with Crippen molar-refractivity contribution in [3.63, 3.8) is 0 Å². The molecule has 1 unspecified atom stereocenters. The second-order valence-corrected chi connectivity index (χ2v) is 10.2. The Labute approximate surface area is 162 Å². The van der Waals surface area contributed by atoms with Crippen LogP contribution in [-0.2, 0) is 18.6 Å². The van der Waals surface area contributed by atoms with Crippen LogP contribution in [0.5, 0.6) is 0 Å². The van der Waals surface area contributed by atoms with Gasteiger partial charge in [-0.1, -0.05) is 32.5 Å². The summed E-state index contributed by atoms with van der Waals surface area (Å²) >= 11 is 3.38. The van der Waals surface area contributed by atoms with Crippen molar-refractivity contribution in [1.82, 2.24) is 9.97 Å². The number of thiophene rings is 1. The van der Waals surface area contributed by atoms with Crippen LogP contribution in [0.4, 0.5) is 5.82 Å². The Morgan fingerprint density at radius 2 is 2.12 bits per heavy atom. The SMILES string of the molecule is Cc1ccc(CSc2nc(N)c3c4c(sc3n2)CC(C(C)(C)C)CC4)o1. The number of hydrogen-bond acceptors (Lipinski definition) is 6. The number of nitrogen functional groups attached to an aromatic ring is 1. The van der Waals surface area contributed by atoms with E-state index < -0.39 is 0 Å². The lowest BCUT2D eigenvalue weighted by Gasteiger charge is -2.33. The molecule has 6 heteroatoms. The maximum absolute atomic E-state index is 6.34. The van der Waals surface area contributed by atoms with Crippen molar-refractivity contribution in [1.29, 1.82) is 0 Å². The molecule has 4 nitrogen and oxygen atoms in total. The molecular weight excluding hydrogens is 362 g/mol. The van der Waals surface area contributed by atoms with Crippen molar-refractivity contribution in [2.45, 2.75) is 57.9 Å². The van der Waals surface area contributed by atoms with Gasteiger partial charge in [-0.25, -0.2) is 9.97 Å². The normalized spacial score (nSPS) is 17.6. The van der Waals surface area contributed by atoms with Gasteiger partial charge in [0.2, 0.25) is 0 Å². The molecule has 0 fully saturated rings. The third kappa shape index (κ3) is 3.37. The zero-order valence-corrected chi connectivity index (χ0v) is 17.4. The molecule has 2 N–H and O–H groups in total. The molecule has 0 spiro atoms. The number of rotatable bonds is 3. The molecule has 3 aromatic rings. The lowest BCUT2D eigenvalue weighted by atomic mass is 9.72. The van der Waals surface area contributed by atoms with Gasteiger partial charge in [0.05, 0.1) is 11.1 Å². The van der Waals surface area contributed by atoms with E-state index in [0.29, 0.717) is 17.2 Å². The van der Waals surface area contributed by atoms with E-state index in [2.05, 4.69) is 25.8 Å². The Hall–Kier alpha value is -1.53. The first-order valence-corrected chi connectivity index (χ1v) is 10.9. The van der Waals surface area contributed by atoms with Gasteiger partial charge in [0, 0.05) is 4.88 Å². The van der Waals surface area contributed by atoms with Gasteiger partial charge in [0.1, 0.15) is 22.2 Å². The van der Waals surface area contributed by atoms with Crippen LogP contribution < -0.4 is 5.73 Å². The van der Waals surface area contributed by atoms with Crippen molar-refractivity contribution in [2.75, 3.05) is 5.73 Å². The maximum Gasteiger partial charge on any atom is 0.191 e. The minimum atomic E-state index is 0.341. The third-order valence-corrected chi connectivity index (χ3v) is 7.30. The van der Waals surface area contributed by atoms with Crippen LogP contribution in [0.3, 0.4) is 0 Å². The molecule has 0 aliphatic heterocycles. The van der Waals surface area contributed by atoms with Gasteiger partial charge >= 0.3 is 0 Å². The predicted octanol–water partition coefficient (Wildman–Crippen LogP) is 5.62. The largest absolute Gasteiger partial charge is 0.465 e. The molecule has 0 bridgehead atoms. The molecule has 0 saturated carbocycles. The molecule has 3 heterocycles. The summed E-state index contributed by atoms with van der Waals surface area (Å²) in [6, 6.07) is 3.98. The van der Waals surface area contributed by atoms with E-state index in [4.69, 9.17) is 15.1 Å². The van der Waals surface area contributed by atoms with E-state index in [9.17, 15) is 0 Å². The minimum Gasteiger partial charge on any atom is -0.465 e. The van der Waals surface area contributed by atoms with Crippen LogP contribution in [0.2, 0.25) is 0 Å². The highest BCUT2D eigenvalue weighted by molar-refractivity contribution is 7.98. The van der Waals surface area contributed by atoms with Crippen LogP contribution in [0, 0.1) is 18.3 Å². The maximum atomic E-state index is 6.34. The summed E-state index contributed by atoms with van der Waals surface area (Å²) in [5.74, 6) is 3.92. The summed E-state index contributed by atoms with van der Waals surface area (Å²) in [6.45, 7) is 8.98. The topological polar surface area (TPSA) is 64.9 Å². The smallest absolute Gasteiger partial charge is 0.191 e. The highest BCUT2D eigenvalue weighted by atomic mass is 32.2. The van der Waals surface area contributed by atoms with Gasteiger partial charge in [-0.3, -0.25) is 0 Å². The fourth-order valence-electron chi connectivity index (χ4n) is 3.69. The third-order valence-electron chi connectivity index (χ3n) is 5.28. The number of nitrogens with zero attached hydrogens (tertiary/aromatic N) is 2. The van der Waals surface area contributed by atoms with E-state index in [1.165, 1.54) is 16.9 Å².